The minimum atomic E-state index is -0.0891. The van der Waals surface area contributed by atoms with Crippen LogP contribution in [0.2, 0.25) is 0 Å². The van der Waals surface area contributed by atoms with Gasteiger partial charge in [-0.05, 0) is 64.9 Å². The van der Waals surface area contributed by atoms with Crippen LogP contribution < -0.4 is 10.2 Å². The van der Waals surface area contributed by atoms with E-state index < -0.39 is 0 Å². The normalized spacial score (nSPS) is 11.0. The zero-order valence-corrected chi connectivity index (χ0v) is 15.5. The first-order valence-electron chi connectivity index (χ1n) is 8.27. The van der Waals surface area contributed by atoms with E-state index in [2.05, 4.69) is 36.3 Å². The fourth-order valence-corrected chi connectivity index (χ4v) is 2.25. The van der Waals surface area contributed by atoms with Gasteiger partial charge in [0.15, 0.2) is 0 Å². The van der Waals surface area contributed by atoms with E-state index in [0.717, 1.165) is 31.7 Å². The third-order valence-electron chi connectivity index (χ3n) is 3.91. The van der Waals surface area contributed by atoms with Crippen molar-refractivity contribution in [2.45, 2.75) is 13.3 Å². The highest BCUT2D eigenvalue weighted by molar-refractivity contribution is 5.95. The van der Waals surface area contributed by atoms with Gasteiger partial charge in [0.25, 0.3) is 5.91 Å². The Hall–Kier alpha value is -1.92. The average Bonchev–Trinajstić information content (AvgIpc) is 2.53. The number of hydrogen-bond acceptors (Lipinski definition) is 4. The molecule has 2 amide bonds. The molecule has 0 aromatic heterocycles. The van der Waals surface area contributed by atoms with Gasteiger partial charge in [-0.1, -0.05) is 0 Å². The lowest BCUT2D eigenvalue weighted by Gasteiger charge is -2.18. The van der Waals surface area contributed by atoms with Gasteiger partial charge in [-0.2, -0.15) is 0 Å². The molecule has 134 valence electrons. The van der Waals surface area contributed by atoms with Gasteiger partial charge in [-0.15, -0.1) is 0 Å². The maximum atomic E-state index is 12.1. The molecule has 0 fully saturated rings. The largest absolute Gasteiger partial charge is 0.351 e. The first-order chi connectivity index (χ1) is 11.3. The predicted molar refractivity (Wildman–Crippen MR) is 98.5 cm³/mol. The van der Waals surface area contributed by atoms with Crippen LogP contribution in [0.3, 0.4) is 0 Å². The van der Waals surface area contributed by atoms with Gasteiger partial charge in [0.1, 0.15) is 0 Å². The lowest BCUT2D eigenvalue weighted by Crippen LogP contribution is -2.34. The number of likely N-dealkylation sites (N-methyl/N-ethyl adjacent to an activating group) is 1. The van der Waals surface area contributed by atoms with Crippen LogP contribution in [-0.2, 0) is 4.79 Å². The Morgan fingerprint density at radius 1 is 0.958 bits per heavy atom. The summed E-state index contributed by atoms with van der Waals surface area (Å²) < 4.78 is 0. The molecule has 0 aliphatic rings. The molecule has 1 aromatic rings. The van der Waals surface area contributed by atoms with E-state index >= 15 is 0 Å². The van der Waals surface area contributed by atoms with Gasteiger partial charge < -0.3 is 20.0 Å². The molecule has 1 rings (SSSR count). The maximum Gasteiger partial charge on any atom is 0.251 e. The molecule has 0 spiro atoms. The van der Waals surface area contributed by atoms with E-state index in [4.69, 9.17) is 0 Å². The van der Waals surface area contributed by atoms with E-state index in [-0.39, 0.29) is 11.8 Å². The summed E-state index contributed by atoms with van der Waals surface area (Å²) in [5.74, 6) is -0.127. The Balaban J connectivity index is 2.36. The Labute approximate surface area is 145 Å². The van der Waals surface area contributed by atoms with Crippen LogP contribution in [0.5, 0.6) is 0 Å². The monoisotopic (exact) mass is 334 g/mol. The third-order valence-corrected chi connectivity index (χ3v) is 3.91. The van der Waals surface area contributed by atoms with E-state index in [9.17, 15) is 9.59 Å². The molecule has 0 aliphatic heterocycles. The highest BCUT2D eigenvalue weighted by Crippen LogP contribution is 2.13. The summed E-state index contributed by atoms with van der Waals surface area (Å²) in [5.41, 5.74) is 1.38. The fraction of sp³-hybridized carbons (Fsp3) is 0.556. The number of anilines is 1. The molecule has 0 saturated carbocycles. The lowest BCUT2D eigenvalue weighted by atomic mass is 10.2. The van der Waals surface area contributed by atoms with Crippen molar-refractivity contribution >= 4 is 17.5 Å². The molecule has 0 radical (unpaired) electrons. The van der Waals surface area contributed by atoms with E-state index in [1.165, 1.54) is 6.92 Å². The summed E-state index contributed by atoms with van der Waals surface area (Å²) in [6.07, 6.45) is 1.11. The van der Waals surface area contributed by atoms with E-state index in [1.54, 1.807) is 36.2 Å². The molecule has 0 heterocycles. The van der Waals surface area contributed by atoms with Gasteiger partial charge in [-0.25, -0.2) is 0 Å². The van der Waals surface area contributed by atoms with Gasteiger partial charge >= 0.3 is 0 Å². The smallest absolute Gasteiger partial charge is 0.251 e. The summed E-state index contributed by atoms with van der Waals surface area (Å²) in [4.78, 5) is 29.4. The summed E-state index contributed by atoms with van der Waals surface area (Å²) in [6, 6.07) is 7.04. The zero-order valence-electron chi connectivity index (χ0n) is 15.5. The van der Waals surface area contributed by atoms with Gasteiger partial charge in [-0.3, -0.25) is 9.59 Å². The second kappa shape index (κ2) is 10.1. The summed E-state index contributed by atoms with van der Waals surface area (Å²) in [7, 11) is 7.91. The van der Waals surface area contributed by atoms with Crippen LogP contribution in [0.1, 0.15) is 23.7 Å². The number of carbonyl (C=O) groups is 2. The molecule has 0 saturated heterocycles. The Bertz CT molecular complexity index is 528. The van der Waals surface area contributed by atoms with Gasteiger partial charge in [0, 0.05) is 38.3 Å². The molecule has 0 aliphatic carbocycles. The third kappa shape index (κ3) is 7.10. The molecular formula is C18H30N4O2. The molecule has 0 atom stereocenters. The van der Waals surface area contributed by atoms with E-state index in [0.29, 0.717) is 12.1 Å². The molecule has 24 heavy (non-hydrogen) atoms. The molecule has 6 heteroatoms. The first kappa shape index (κ1) is 20.1. The SMILES string of the molecule is CC(=O)N(C)c1ccc(C(=O)NCCN(C)CCCN(C)C)cc1. The highest BCUT2D eigenvalue weighted by Gasteiger charge is 2.09. The van der Waals surface area contributed by atoms with Crippen molar-refractivity contribution < 1.29 is 9.59 Å². The van der Waals surface area contributed by atoms with Crippen molar-refractivity contribution in [2.75, 3.05) is 59.3 Å². The van der Waals surface area contributed by atoms with Crippen molar-refractivity contribution in [1.82, 2.24) is 15.1 Å². The van der Waals surface area contributed by atoms with Crippen molar-refractivity contribution in [1.29, 1.82) is 0 Å². The summed E-state index contributed by atoms with van der Waals surface area (Å²) in [6.45, 7) is 5.03. The predicted octanol–water partition coefficient (Wildman–Crippen LogP) is 1.28. The molecular weight excluding hydrogens is 304 g/mol. The van der Waals surface area contributed by atoms with Crippen molar-refractivity contribution in [3.63, 3.8) is 0 Å². The lowest BCUT2D eigenvalue weighted by molar-refractivity contribution is -0.116. The van der Waals surface area contributed by atoms with Crippen LogP contribution in [0.4, 0.5) is 5.69 Å². The van der Waals surface area contributed by atoms with Gasteiger partial charge in [0.05, 0.1) is 0 Å². The van der Waals surface area contributed by atoms with Crippen molar-refractivity contribution in [3.8, 4) is 0 Å². The van der Waals surface area contributed by atoms with Crippen molar-refractivity contribution in [2.24, 2.45) is 0 Å². The Morgan fingerprint density at radius 3 is 2.12 bits per heavy atom. The van der Waals surface area contributed by atoms with Crippen LogP contribution >= 0.6 is 0 Å². The number of rotatable bonds is 9. The minimum Gasteiger partial charge on any atom is -0.351 e. The quantitative estimate of drug-likeness (QED) is 0.739. The number of carbonyl (C=O) groups excluding carboxylic acids is 2. The van der Waals surface area contributed by atoms with Crippen LogP contribution in [0.15, 0.2) is 24.3 Å². The highest BCUT2D eigenvalue weighted by atomic mass is 16.2. The number of benzene rings is 1. The Kier molecular flexibility index (Phi) is 8.43. The molecule has 0 bridgehead atoms. The fourth-order valence-electron chi connectivity index (χ4n) is 2.25. The summed E-state index contributed by atoms with van der Waals surface area (Å²) >= 11 is 0. The molecule has 6 nitrogen and oxygen atoms in total. The second-order valence-electron chi connectivity index (χ2n) is 6.34. The average molecular weight is 334 g/mol. The topological polar surface area (TPSA) is 55.9 Å². The second-order valence-corrected chi connectivity index (χ2v) is 6.34. The number of amides is 2. The number of nitrogens with zero attached hydrogens (tertiary/aromatic N) is 3. The Morgan fingerprint density at radius 2 is 1.58 bits per heavy atom. The van der Waals surface area contributed by atoms with Crippen LogP contribution in [-0.4, -0.2) is 76.0 Å². The van der Waals surface area contributed by atoms with Gasteiger partial charge in [0.2, 0.25) is 5.91 Å². The maximum absolute atomic E-state index is 12.1. The standard InChI is InChI=1S/C18H30N4O2/c1-15(23)22(5)17-9-7-16(8-10-17)18(24)19-11-14-21(4)13-6-12-20(2)3/h7-10H,6,11-14H2,1-5H3,(H,19,24). The summed E-state index contributed by atoms with van der Waals surface area (Å²) in [5, 5.41) is 2.93. The van der Waals surface area contributed by atoms with Crippen molar-refractivity contribution in [3.05, 3.63) is 29.8 Å². The zero-order chi connectivity index (χ0) is 18.1. The minimum absolute atomic E-state index is 0.0375. The van der Waals surface area contributed by atoms with E-state index in [1.807, 2.05) is 0 Å². The number of hydrogen-bond donors (Lipinski definition) is 1. The molecule has 0 unspecified atom stereocenters. The molecule has 1 aromatic carbocycles. The number of nitrogens with one attached hydrogen (secondary N) is 1. The first-order valence-corrected chi connectivity index (χ1v) is 8.27. The van der Waals surface area contributed by atoms with Crippen LogP contribution in [0, 0.1) is 0 Å². The molecule has 1 N–H and O–H groups in total. The van der Waals surface area contributed by atoms with Crippen LogP contribution in [0.25, 0.3) is 0 Å².